The third-order valence-electron chi connectivity index (χ3n) is 4.55. The second kappa shape index (κ2) is 10.0. The van der Waals surface area contributed by atoms with Crippen LogP contribution in [0.4, 0.5) is 5.13 Å². The second-order valence-electron chi connectivity index (χ2n) is 7.07. The number of quaternary nitrogens is 1. The summed E-state index contributed by atoms with van der Waals surface area (Å²) in [7, 11) is 4.22. The number of nitrogens with one attached hydrogen (secondary N) is 1. The van der Waals surface area contributed by atoms with Gasteiger partial charge in [0.05, 0.1) is 37.4 Å². The van der Waals surface area contributed by atoms with Crippen LogP contribution in [0.1, 0.15) is 18.9 Å². The van der Waals surface area contributed by atoms with Crippen LogP contribution in [-0.2, 0) is 11.2 Å². The quantitative estimate of drug-likeness (QED) is 0.545. The molecule has 0 atom stereocenters. The molecule has 3 rings (SSSR count). The molecule has 0 unspecified atom stereocenters. The van der Waals surface area contributed by atoms with Crippen LogP contribution in [0.5, 0.6) is 0 Å². The molecule has 0 radical (unpaired) electrons. The number of carbonyl (C=O) groups is 1. The molecule has 0 aliphatic rings. The maximum Gasteiger partial charge on any atom is 0.229 e. The highest BCUT2D eigenvalue weighted by atomic mass is 32.2. The molecule has 1 N–H and O–H groups in total. The van der Waals surface area contributed by atoms with Crippen molar-refractivity contribution in [3.05, 3.63) is 54.1 Å². The third kappa shape index (κ3) is 5.56. The smallest absolute Gasteiger partial charge is 0.229 e. The number of carbonyl (C=O) groups excluding carboxylic acids is 1. The Labute approximate surface area is 175 Å². The second-order valence-corrected chi connectivity index (χ2v) is 9.24. The van der Waals surface area contributed by atoms with E-state index in [1.807, 2.05) is 23.1 Å². The molecule has 0 saturated heterocycles. The Hall–Kier alpha value is -1.89. The van der Waals surface area contributed by atoms with Gasteiger partial charge in [0.2, 0.25) is 5.91 Å². The van der Waals surface area contributed by atoms with E-state index in [1.165, 1.54) is 15.4 Å². The lowest BCUT2D eigenvalue weighted by Gasteiger charge is -2.20. The van der Waals surface area contributed by atoms with Crippen molar-refractivity contribution in [1.82, 2.24) is 4.98 Å². The summed E-state index contributed by atoms with van der Waals surface area (Å²) in [5, 5.41) is 0.819. The number of aromatic nitrogens is 1. The first kappa shape index (κ1) is 20.8. The summed E-state index contributed by atoms with van der Waals surface area (Å²) in [6.07, 6.45) is 1.52. The summed E-state index contributed by atoms with van der Waals surface area (Å²) >= 11 is 3.35. The minimum atomic E-state index is 0.152. The molecule has 1 aromatic heterocycles. The van der Waals surface area contributed by atoms with E-state index in [-0.39, 0.29) is 5.91 Å². The fourth-order valence-corrected chi connectivity index (χ4v) is 4.80. The molecule has 0 fully saturated rings. The number of aryl methyl sites for hydroxylation is 1. The van der Waals surface area contributed by atoms with E-state index in [0.717, 1.165) is 34.1 Å². The van der Waals surface area contributed by atoms with Crippen molar-refractivity contribution in [1.29, 1.82) is 0 Å². The van der Waals surface area contributed by atoms with Gasteiger partial charge in [-0.1, -0.05) is 42.5 Å². The molecule has 1 amide bonds. The average molecular weight is 415 g/mol. The number of amides is 1. The highest BCUT2D eigenvalue weighted by Gasteiger charge is 2.20. The summed E-state index contributed by atoms with van der Waals surface area (Å²) < 4.78 is 1.16. The Morgan fingerprint density at radius 3 is 2.68 bits per heavy atom. The molecule has 0 aliphatic carbocycles. The van der Waals surface area contributed by atoms with Gasteiger partial charge in [-0.15, -0.1) is 11.8 Å². The van der Waals surface area contributed by atoms with Crippen LogP contribution in [0.25, 0.3) is 10.2 Å². The Morgan fingerprint density at radius 1 is 1.18 bits per heavy atom. The first-order valence-electron chi connectivity index (χ1n) is 9.73. The van der Waals surface area contributed by atoms with Gasteiger partial charge in [0.25, 0.3) is 0 Å². The van der Waals surface area contributed by atoms with Crippen LogP contribution < -0.4 is 9.80 Å². The fraction of sp³-hybridized carbons (Fsp3) is 0.364. The van der Waals surface area contributed by atoms with Gasteiger partial charge in [0, 0.05) is 17.1 Å². The topological polar surface area (TPSA) is 37.6 Å². The van der Waals surface area contributed by atoms with Crippen LogP contribution in [0.2, 0.25) is 0 Å². The number of anilines is 1. The van der Waals surface area contributed by atoms with Gasteiger partial charge in [-0.3, -0.25) is 9.69 Å². The molecule has 0 spiro atoms. The monoisotopic (exact) mass is 414 g/mol. The number of hydrogen-bond donors (Lipinski definition) is 1. The van der Waals surface area contributed by atoms with Crippen molar-refractivity contribution >= 4 is 44.4 Å². The van der Waals surface area contributed by atoms with Crippen molar-refractivity contribution in [3.63, 3.8) is 0 Å². The predicted molar refractivity (Wildman–Crippen MR) is 121 cm³/mol. The maximum atomic E-state index is 13.0. The average Bonchev–Trinajstić information content (AvgIpc) is 3.11. The minimum Gasteiger partial charge on any atom is -0.338 e. The number of fused-ring (bicyclic) bond motifs is 1. The number of likely N-dealkylation sites (N-methyl/N-ethyl adjacent to an activating group) is 1. The zero-order valence-corrected chi connectivity index (χ0v) is 18.4. The Bertz CT molecular complexity index is 909. The summed E-state index contributed by atoms with van der Waals surface area (Å²) in [6, 6.07) is 16.6. The number of rotatable bonds is 9. The van der Waals surface area contributed by atoms with Gasteiger partial charge < -0.3 is 4.90 Å². The van der Waals surface area contributed by atoms with Gasteiger partial charge in [-0.25, -0.2) is 4.98 Å². The Morgan fingerprint density at radius 2 is 1.96 bits per heavy atom. The van der Waals surface area contributed by atoms with Gasteiger partial charge in [0.1, 0.15) is 0 Å². The maximum absolute atomic E-state index is 13.0. The van der Waals surface area contributed by atoms with E-state index in [1.54, 1.807) is 23.1 Å². The molecule has 0 aliphatic heterocycles. The molecule has 0 bridgehead atoms. The van der Waals surface area contributed by atoms with Crippen molar-refractivity contribution in [2.45, 2.75) is 24.7 Å². The molecule has 28 heavy (non-hydrogen) atoms. The third-order valence-corrected chi connectivity index (χ3v) is 6.60. The van der Waals surface area contributed by atoms with E-state index in [9.17, 15) is 4.79 Å². The van der Waals surface area contributed by atoms with E-state index in [4.69, 9.17) is 4.98 Å². The van der Waals surface area contributed by atoms with Crippen molar-refractivity contribution < 1.29 is 9.69 Å². The van der Waals surface area contributed by atoms with Gasteiger partial charge in [-0.05, 0) is 36.2 Å². The molecule has 6 heteroatoms. The molecule has 2 aromatic carbocycles. The number of hydrogen-bond acceptors (Lipinski definition) is 4. The molecular formula is C22H28N3OS2+. The first-order valence-corrected chi connectivity index (χ1v) is 11.5. The molecule has 4 nitrogen and oxygen atoms in total. The lowest BCUT2D eigenvalue weighted by molar-refractivity contribution is -0.856. The molecule has 3 aromatic rings. The van der Waals surface area contributed by atoms with Crippen LogP contribution in [0.15, 0.2) is 53.4 Å². The highest BCUT2D eigenvalue weighted by Crippen LogP contribution is 2.30. The van der Waals surface area contributed by atoms with Crippen LogP contribution in [0, 0.1) is 0 Å². The van der Waals surface area contributed by atoms with Crippen LogP contribution in [0.3, 0.4) is 0 Å². The van der Waals surface area contributed by atoms with Gasteiger partial charge in [-0.2, -0.15) is 0 Å². The van der Waals surface area contributed by atoms with Crippen LogP contribution >= 0.6 is 23.1 Å². The summed E-state index contributed by atoms with van der Waals surface area (Å²) in [6.45, 7) is 3.74. The minimum absolute atomic E-state index is 0.152. The normalized spacial score (nSPS) is 11.3. The lowest BCUT2D eigenvalue weighted by Crippen LogP contribution is -3.06. The number of thiazole rings is 1. The zero-order valence-electron chi connectivity index (χ0n) is 16.8. The van der Waals surface area contributed by atoms with Crippen molar-refractivity contribution in [2.75, 3.05) is 37.8 Å². The lowest BCUT2D eigenvalue weighted by atomic mass is 10.2. The summed E-state index contributed by atoms with van der Waals surface area (Å²) in [5.41, 5.74) is 2.28. The molecule has 1 heterocycles. The van der Waals surface area contributed by atoms with Gasteiger partial charge >= 0.3 is 0 Å². The van der Waals surface area contributed by atoms with Gasteiger partial charge in [0.15, 0.2) is 5.13 Å². The van der Waals surface area contributed by atoms with Crippen LogP contribution in [-0.4, -0.2) is 43.8 Å². The molecular weight excluding hydrogens is 386 g/mol. The van der Waals surface area contributed by atoms with E-state index >= 15 is 0 Å². The number of thioether (sulfide) groups is 1. The van der Waals surface area contributed by atoms with Crippen molar-refractivity contribution in [2.24, 2.45) is 0 Å². The van der Waals surface area contributed by atoms with E-state index < -0.39 is 0 Å². The van der Waals surface area contributed by atoms with E-state index in [0.29, 0.717) is 13.0 Å². The fourth-order valence-electron chi connectivity index (χ4n) is 2.86. The molecule has 148 valence electrons. The zero-order chi connectivity index (χ0) is 19.9. The Kier molecular flexibility index (Phi) is 7.48. The largest absolute Gasteiger partial charge is 0.338 e. The summed E-state index contributed by atoms with van der Waals surface area (Å²) in [4.78, 5) is 22.2. The number of benzene rings is 2. The van der Waals surface area contributed by atoms with E-state index in [2.05, 4.69) is 51.4 Å². The predicted octanol–water partition coefficient (Wildman–Crippen LogP) is 3.52. The molecule has 0 saturated carbocycles. The Balaban J connectivity index is 1.73. The summed E-state index contributed by atoms with van der Waals surface area (Å²) in [5.74, 6) is 0.929. The standard InChI is InChI=1S/C22H27N3OS2/c1-4-17-10-11-19-20(16-17)28-22(23-19)25(14-13-24(2)3)21(26)12-15-27-18-8-6-5-7-9-18/h5-11,16H,4,12-15H2,1-3H3/p+1. The SMILES string of the molecule is CCc1ccc2nc(N(CC[NH+](C)C)C(=O)CCSc3ccccc3)sc2c1. The first-order chi connectivity index (χ1) is 13.6. The number of nitrogens with zero attached hydrogens (tertiary/aromatic N) is 2. The highest BCUT2D eigenvalue weighted by molar-refractivity contribution is 7.99. The van der Waals surface area contributed by atoms with Crippen molar-refractivity contribution in [3.8, 4) is 0 Å².